The fourth-order valence-electron chi connectivity index (χ4n) is 3.61. The van der Waals surface area contributed by atoms with Crippen LogP contribution in [0, 0.1) is 6.92 Å². The number of rotatable bonds is 3. The first-order chi connectivity index (χ1) is 12.7. The molecule has 0 bridgehead atoms. The molecule has 4 rings (SSSR count). The highest BCUT2D eigenvalue weighted by atomic mass is 16.2. The molecule has 26 heavy (non-hydrogen) atoms. The number of nitrogens with one attached hydrogen (secondary N) is 1. The zero-order valence-corrected chi connectivity index (χ0v) is 15.1. The molecule has 0 saturated carbocycles. The van der Waals surface area contributed by atoms with E-state index in [0.717, 1.165) is 55.6 Å². The van der Waals surface area contributed by atoms with Gasteiger partial charge in [-0.1, -0.05) is 42.0 Å². The molecule has 0 spiro atoms. The predicted octanol–water partition coefficient (Wildman–Crippen LogP) is 3.22. The van der Waals surface area contributed by atoms with Gasteiger partial charge in [0.25, 0.3) is 5.91 Å². The topological polar surface area (TPSA) is 52.2 Å². The van der Waals surface area contributed by atoms with Gasteiger partial charge in [0.05, 0.1) is 5.52 Å². The molecule has 5 heteroatoms. The van der Waals surface area contributed by atoms with Gasteiger partial charge in [0.15, 0.2) is 5.69 Å². The summed E-state index contributed by atoms with van der Waals surface area (Å²) in [7, 11) is 0. The van der Waals surface area contributed by atoms with E-state index in [9.17, 15) is 4.79 Å². The van der Waals surface area contributed by atoms with Crippen LogP contribution in [0.25, 0.3) is 10.9 Å². The minimum atomic E-state index is 0.0309. The molecule has 0 aliphatic carbocycles. The number of aromatic amines is 1. The Hall–Kier alpha value is -2.66. The van der Waals surface area contributed by atoms with Crippen LogP contribution in [-0.4, -0.2) is 52.1 Å². The average molecular weight is 348 g/mol. The maximum atomic E-state index is 13.0. The van der Waals surface area contributed by atoms with Crippen LogP contribution in [0.15, 0.2) is 48.5 Å². The number of fused-ring (bicyclic) bond motifs is 1. The summed E-state index contributed by atoms with van der Waals surface area (Å²) in [6.45, 7) is 6.40. The Labute approximate surface area is 153 Å². The van der Waals surface area contributed by atoms with Gasteiger partial charge in [-0.05, 0) is 31.0 Å². The van der Waals surface area contributed by atoms with Crippen molar-refractivity contribution in [3.8, 4) is 0 Å². The van der Waals surface area contributed by atoms with E-state index in [0.29, 0.717) is 5.69 Å². The maximum Gasteiger partial charge on any atom is 0.275 e. The lowest BCUT2D eigenvalue weighted by Crippen LogP contribution is -2.35. The molecule has 1 aromatic heterocycles. The van der Waals surface area contributed by atoms with Gasteiger partial charge in [-0.2, -0.15) is 5.10 Å². The number of nitrogens with zero attached hydrogens (tertiary/aromatic N) is 3. The van der Waals surface area contributed by atoms with E-state index in [1.807, 2.05) is 36.1 Å². The van der Waals surface area contributed by atoms with E-state index >= 15 is 0 Å². The van der Waals surface area contributed by atoms with E-state index in [1.54, 1.807) is 0 Å². The molecule has 2 heterocycles. The van der Waals surface area contributed by atoms with Crippen molar-refractivity contribution in [3.05, 3.63) is 65.4 Å². The second-order valence-corrected chi connectivity index (χ2v) is 7.03. The van der Waals surface area contributed by atoms with Gasteiger partial charge in [0.2, 0.25) is 0 Å². The lowest BCUT2D eigenvalue weighted by Gasteiger charge is -2.21. The van der Waals surface area contributed by atoms with Crippen LogP contribution in [0.1, 0.15) is 28.0 Å². The smallest absolute Gasteiger partial charge is 0.275 e. The van der Waals surface area contributed by atoms with E-state index in [4.69, 9.17) is 0 Å². The molecule has 1 amide bonds. The van der Waals surface area contributed by atoms with Crippen molar-refractivity contribution in [2.24, 2.45) is 0 Å². The summed E-state index contributed by atoms with van der Waals surface area (Å²) in [5.74, 6) is 0.0309. The SMILES string of the molecule is Cc1ccc2[nH]nc(C(=O)N3CCCN(Cc4ccccc4)CC3)c2c1. The molecule has 1 saturated heterocycles. The zero-order chi connectivity index (χ0) is 17.9. The fourth-order valence-corrected chi connectivity index (χ4v) is 3.61. The van der Waals surface area contributed by atoms with Gasteiger partial charge in [-0.15, -0.1) is 0 Å². The van der Waals surface area contributed by atoms with Gasteiger partial charge >= 0.3 is 0 Å². The van der Waals surface area contributed by atoms with E-state index in [2.05, 4.69) is 39.4 Å². The molecule has 5 nitrogen and oxygen atoms in total. The Morgan fingerprint density at radius 2 is 1.92 bits per heavy atom. The first kappa shape index (κ1) is 16.8. The van der Waals surface area contributed by atoms with Crippen molar-refractivity contribution in [1.82, 2.24) is 20.0 Å². The normalized spacial score (nSPS) is 16.0. The number of carbonyl (C=O) groups is 1. The first-order valence-electron chi connectivity index (χ1n) is 9.21. The molecule has 1 fully saturated rings. The highest BCUT2D eigenvalue weighted by Gasteiger charge is 2.23. The van der Waals surface area contributed by atoms with Crippen LogP contribution >= 0.6 is 0 Å². The van der Waals surface area contributed by atoms with E-state index in [1.165, 1.54) is 5.56 Å². The summed E-state index contributed by atoms with van der Waals surface area (Å²) in [4.78, 5) is 17.4. The second-order valence-electron chi connectivity index (χ2n) is 7.03. The molecule has 134 valence electrons. The number of hydrogen-bond donors (Lipinski definition) is 1. The second kappa shape index (κ2) is 7.30. The van der Waals surface area contributed by atoms with Gasteiger partial charge in [0.1, 0.15) is 0 Å². The van der Waals surface area contributed by atoms with Crippen LogP contribution in [0.5, 0.6) is 0 Å². The average Bonchev–Trinajstić information content (AvgIpc) is 2.93. The van der Waals surface area contributed by atoms with E-state index in [-0.39, 0.29) is 5.91 Å². The number of carbonyl (C=O) groups excluding carboxylic acids is 1. The van der Waals surface area contributed by atoms with Crippen molar-refractivity contribution in [2.45, 2.75) is 19.9 Å². The third kappa shape index (κ3) is 3.48. The van der Waals surface area contributed by atoms with Crippen molar-refractivity contribution in [1.29, 1.82) is 0 Å². The third-order valence-electron chi connectivity index (χ3n) is 5.05. The number of amides is 1. The highest BCUT2D eigenvalue weighted by molar-refractivity contribution is 6.04. The molecule has 0 unspecified atom stereocenters. The quantitative estimate of drug-likeness (QED) is 0.791. The number of H-pyrrole nitrogens is 1. The Kier molecular flexibility index (Phi) is 4.71. The highest BCUT2D eigenvalue weighted by Crippen LogP contribution is 2.20. The van der Waals surface area contributed by atoms with Crippen LogP contribution in [0.3, 0.4) is 0 Å². The fraction of sp³-hybridized carbons (Fsp3) is 0.333. The third-order valence-corrected chi connectivity index (χ3v) is 5.05. The molecular weight excluding hydrogens is 324 g/mol. The summed E-state index contributed by atoms with van der Waals surface area (Å²) in [5, 5.41) is 8.20. The molecule has 1 aliphatic heterocycles. The molecule has 0 radical (unpaired) electrons. The van der Waals surface area contributed by atoms with Gasteiger partial charge in [-0.3, -0.25) is 14.8 Å². The summed E-state index contributed by atoms with van der Waals surface area (Å²) in [6.07, 6.45) is 0.986. The summed E-state index contributed by atoms with van der Waals surface area (Å²) >= 11 is 0. The van der Waals surface area contributed by atoms with Gasteiger partial charge in [0, 0.05) is 38.1 Å². The summed E-state index contributed by atoms with van der Waals surface area (Å²) in [6, 6.07) is 16.6. The minimum absolute atomic E-state index is 0.0309. The standard InChI is InChI=1S/C21H24N4O/c1-16-8-9-19-18(14-16)20(23-22-19)21(26)25-11-5-10-24(12-13-25)15-17-6-3-2-4-7-17/h2-4,6-9,14H,5,10-13,15H2,1H3,(H,22,23). The zero-order valence-electron chi connectivity index (χ0n) is 15.1. The predicted molar refractivity (Wildman–Crippen MR) is 103 cm³/mol. The lowest BCUT2D eigenvalue weighted by molar-refractivity contribution is 0.0757. The maximum absolute atomic E-state index is 13.0. The van der Waals surface area contributed by atoms with Gasteiger partial charge < -0.3 is 4.90 Å². The number of aromatic nitrogens is 2. The van der Waals surface area contributed by atoms with Crippen molar-refractivity contribution in [3.63, 3.8) is 0 Å². The summed E-state index contributed by atoms with van der Waals surface area (Å²) in [5.41, 5.74) is 3.92. The van der Waals surface area contributed by atoms with Crippen molar-refractivity contribution < 1.29 is 4.79 Å². The Morgan fingerprint density at radius 3 is 2.77 bits per heavy atom. The van der Waals surface area contributed by atoms with Crippen LogP contribution in [-0.2, 0) is 6.54 Å². The molecule has 3 aromatic rings. The van der Waals surface area contributed by atoms with Crippen LogP contribution in [0.4, 0.5) is 0 Å². The van der Waals surface area contributed by atoms with Crippen LogP contribution < -0.4 is 0 Å². The van der Waals surface area contributed by atoms with E-state index < -0.39 is 0 Å². The molecule has 0 atom stereocenters. The van der Waals surface area contributed by atoms with Crippen molar-refractivity contribution in [2.75, 3.05) is 26.2 Å². The summed E-state index contributed by atoms with van der Waals surface area (Å²) < 4.78 is 0. The first-order valence-corrected chi connectivity index (χ1v) is 9.21. The largest absolute Gasteiger partial charge is 0.336 e. The van der Waals surface area contributed by atoms with Crippen LogP contribution in [0.2, 0.25) is 0 Å². The molecule has 1 aliphatic rings. The number of aryl methyl sites for hydroxylation is 1. The number of benzene rings is 2. The molecule has 1 N–H and O–H groups in total. The van der Waals surface area contributed by atoms with Gasteiger partial charge in [-0.25, -0.2) is 0 Å². The Bertz CT molecular complexity index is 903. The van der Waals surface area contributed by atoms with Crippen molar-refractivity contribution >= 4 is 16.8 Å². The minimum Gasteiger partial charge on any atom is -0.336 e. The molecular formula is C21H24N4O. The Balaban J connectivity index is 1.46. The lowest BCUT2D eigenvalue weighted by atomic mass is 10.1. The monoisotopic (exact) mass is 348 g/mol. The molecule has 2 aromatic carbocycles. The Morgan fingerprint density at radius 1 is 1.08 bits per heavy atom. The number of hydrogen-bond acceptors (Lipinski definition) is 3.